The fraction of sp³-hybridized carbons (Fsp3) is 1.00. The Bertz CT molecular complexity index is 210. The van der Waals surface area contributed by atoms with Crippen molar-refractivity contribution in [2.45, 2.75) is 26.7 Å². The largest absolute Gasteiger partial charge is 0.320 e. The molecular formula is C9H21NO2S. The molecule has 0 fully saturated rings. The highest BCUT2D eigenvalue weighted by molar-refractivity contribution is 7.91. The lowest BCUT2D eigenvalue weighted by Crippen LogP contribution is -2.17. The minimum absolute atomic E-state index is 0.320. The van der Waals surface area contributed by atoms with E-state index in [4.69, 9.17) is 0 Å². The minimum Gasteiger partial charge on any atom is -0.320 e. The average Bonchev–Trinajstić information content (AvgIpc) is 2.02. The monoisotopic (exact) mass is 207 g/mol. The molecular weight excluding hydrogens is 186 g/mol. The third-order valence-corrected chi connectivity index (χ3v) is 3.66. The van der Waals surface area contributed by atoms with Crippen LogP contribution in [0.1, 0.15) is 26.7 Å². The molecule has 0 rings (SSSR count). The molecule has 13 heavy (non-hydrogen) atoms. The van der Waals surface area contributed by atoms with Gasteiger partial charge in [-0.3, -0.25) is 0 Å². The van der Waals surface area contributed by atoms with Gasteiger partial charge in [-0.1, -0.05) is 13.8 Å². The van der Waals surface area contributed by atoms with Crippen molar-refractivity contribution in [1.82, 2.24) is 5.32 Å². The highest BCUT2D eigenvalue weighted by Crippen LogP contribution is 2.04. The van der Waals surface area contributed by atoms with Crippen LogP contribution < -0.4 is 5.32 Å². The molecule has 0 heterocycles. The molecule has 0 radical (unpaired) electrons. The van der Waals surface area contributed by atoms with Crippen molar-refractivity contribution in [3.05, 3.63) is 0 Å². The average molecular weight is 207 g/mol. The van der Waals surface area contributed by atoms with Gasteiger partial charge in [0.15, 0.2) is 0 Å². The summed E-state index contributed by atoms with van der Waals surface area (Å²) in [5.41, 5.74) is 0. The second-order valence-corrected chi connectivity index (χ2v) is 6.10. The van der Waals surface area contributed by atoms with E-state index in [1.165, 1.54) is 0 Å². The Morgan fingerprint density at radius 2 is 1.85 bits per heavy atom. The predicted octanol–water partition coefficient (Wildman–Crippen LogP) is 1.06. The molecule has 0 aromatic rings. The lowest BCUT2D eigenvalue weighted by atomic mass is 10.2. The first-order valence-electron chi connectivity index (χ1n) is 4.83. The van der Waals surface area contributed by atoms with Crippen molar-refractivity contribution >= 4 is 9.84 Å². The van der Waals surface area contributed by atoms with Gasteiger partial charge in [-0.05, 0) is 32.4 Å². The molecule has 1 N–H and O–H groups in total. The number of rotatable bonds is 7. The minimum atomic E-state index is -2.79. The first-order chi connectivity index (χ1) is 5.98. The van der Waals surface area contributed by atoms with E-state index in [2.05, 4.69) is 5.32 Å². The first-order valence-corrected chi connectivity index (χ1v) is 6.65. The van der Waals surface area contributed by atoms with E-state index < -0.39 is 9.84 Å². The molecule has 0 unspecified atom stereocenters. The standard InChI is InChI=1S/C9H21NO2S/c1-9(2)5-8-13(11,12)7-4-6-10-3/h9-10H,4-8H2,1-3H3. The molecule has 0 bridgehead atoms. The van der Waals surface area contributed by atoms with Crippen LogP contribution in [0.4, 0.5) is 0 Å². The highest BCUT2D eigenvalue weighted by Gasteiger charge is 2.10. The van der Waals surface area contributed by atoms with E-state index in [9.17, 15) is 8.42 Å². The molecule has 0 saturated heterocycles. The predicted molar refractivity (Wildman–Crippen MR) is 56.7 cm³/mol. The molecule has 0 amide bonds. The van der Waals surface area contributed by atoms with Crippen molar-refractivity contribution in [3.8, 4) is 0 Å². The molecule has 0 atom stereocenters. The summed E-state index contributed by atoms with van der Waals surface area (Å²) >= 11 is 0. The van der Waals surface area contributed by atoms with Crippen molar-refractivity contribution in [2.24, 2.45) is 5.92 Å². The smallest absolute Gasteiger partial charge is 0.150 e. The van der Waals surface area contributed by atoms with Crippen molar-refractivity contribution < 1.29 is 8.42 Å². The van der Waals surface area contributed by atoms with Crippen LogP contribution in [0.15, 0.2) is 0 Å². The molecule has 0 spiro atoms. The normalized spacial score (nSPS) is 12.3. The maximum Gasteiger partial charge on any atom is 0.150 e. The van der Waals surface area contributed by atoms with E-state index in [-0.39, 0.29) is 0 Å². The van der Waals surface area contributed by atoms with Crippen LogP contribution in [0.2, 0.25) is 0 Å². The lowest BCUT2D eigenvalue weighted by molar-refractivity contribution is 0.570. The van der Waals surface area contributed by atoms with Gasteiger partial charge in [0.25, 0.3) is 0 Å². The van der Waals surface area contributed by atoms with E-state index in [0.29, 0.717) is 17.4 Å². The van der Waals surface area contributed by atoms with Crippen molar-refractivity contribution in [2.75, 3.05) is 25.1 Å². The quantitative estimate of drug-likeness (QED) is 0.635. The van der Waals surface area contributed by atoms with E-state index in [0.717, 1.165) is 19.4 Å². The number of hydrogen-bond acceptors (Lipinski definition) is 3. The third kappa shape index (κ3) is 8.25. The van der Waals surface area contributed by atoms with Crippen LogP contribution in [0.5, 0.6) is 0 Å². The van der Waals surface area contributed by atoms with Gasteiger partial charge in [-0.2, -0.15) is 0 Å². The lowest BCUT2D eigenvalue weighted by Gasteiger charge is -2.05. The molecule has 4 heteroatoms. The van der Waals surface area contributed by atoms with Gasteiger partial charge in [0.2, 0.25) is 0 Å². The molecule has 80 valence electrons. The van der Waals surface area contributed by atoms with Gasteiger partial charge < -0.3 is 5.32 Å². The zero-order chi connectivity index (χ0) is 10.3. The van der Waals surface area contributed by atoms with Crippen LogP contribution in [0.25, 0.3) is 0 Å². The summed E-state index contributed by atoms with van der Waals surface area (Å²) in [6.07, 6.45) is 1.50. The Morgan fingerprint density at radius 3 is 2.31 bits per heavy atom. The van der Waals surface area contributed by atoms with Crippen molar-refractivity contribution in [1.29, 1.82) is 0 Å². The van der Waals surface area contributed by atoms with Gasteiger partial charge in [0.1, 0.15) is 9.84 Å². The molecule has 0 aliphatic heterocycles. The maximum atomic E-state index is 11.4. The summed E-state index contributed by atoms with van der Waals surface area (Å²) in [6, 6.07) is 0. The Balaban J connectivity index is 3.68. The number of nitrogens with one attached hydrogen (secondary N) is 1. The maximum absolute atomic E-state index is 11.4. The Hall–Kier alpha value is -0.0900. The summed E-state index contributed by atoms with van der Waals surface area (Å²) < 4.78 is 22.8. The molecule has 0 aliphatic rings. The van der Waals surface area contributed by atoms with Crippen molar-refractivity contribution in [3.63, 3.8) is 0 Å². The highest BCUT2D eigenvalue weighted by atomic mass is 32.2. The van der Waals surface area contributed by atoms with E-state index in [1.54, 1.807) is 0 Å². The van der Waals surface area contributed by atoms with Crippen LogP contribution in [0, 0.1) is 5.92 Å². The number of hydrogen-bond donors (Lipinski definition) is 1. The first kappa shape index (κ1) is 12.9. The Labute approximate surface area is 81.8 Å². The Morgan fingerprint density at radius 1 is 1.23 bits per heavy atom. The zero-order valence-corrected chi connectivity index (χ0v) is 9.65. The van der Waals surface area contributed by atoms with E-state index >= 15 is 0 Å². The van der Waals surface area contributed by atoms with Gasteiger partial charge in [0, 0.05) is 0 Å². The van der Waals surface area contributed by atoms with E-state index in [1.807, 2.05) is 20.9 Å². The molecule has 0 saturated carbocycles. The summed E-state index contributed by atoms with van der Waals surface area (Å²) in [6.45, 7) is 4.87. The molecule has 3 nitrogen and oxygen atoms in total. The molecule has 0 aromatic carbocycles. The summed E-state index contributed by atoms with van der Waals surface area (Å²) in [5.74, 6) is 1.13. The topological polar surface area (TPSA) is 46.2 Å². The van der Waals surface area contributed by atoms with Crippen LogP contribution in [0.3, 0.4) is 0 Å². The van der Waals surface area contributed by atoms with Gasteiger partial charge in [0.05, 0.1) is 11.5 Å². The van der Waals surface area contributed by atoms with Gasteiger partial charge in [-0.15, -0.1) is 0 Å². The summed E-state index contributed by atoms with van der Waals surface area (Å²) in [7, 11) is -0.955. The molecule has 0 aliphatic carbocycles. The SMILES string of the molecule is CNCCCS(=O)(=O)CCC(C)C. The van der Waals surface area contributed by atoms with Gasteiger partial charge in [-0.25, -0.2) is 8.42 Å². The Kier molecular flexibility index (Phi) is 6.33. The van der Waals surface area contributed by atoms with Crippen LogP contribution in [-0.4, -0.2) is 33.5 Å². The van der Waals surface area contributed by atoms with Gasteiger partial charge >= 0.3 is 0 Å². The van der Waals surface area contributed by atoms with Crippen LogP contribution in [-0.2, 0) is 9.84 Å². The third-order valence-electron chi connectivity index (χ3n) is 1.89. The zero-order valence-electron chi connectivity index (χ0n) is 8.84. The fourth-order valence-corrected chi connectivity index (χ4v) is 2.60. The molecule has 0 aromatic heterocycles. The van der Waals surface area contributed by atoms with Crippen LogP contribution >= 0.6 is 0 Å². The summed E-state index contributed by atoms with van der Waals surface area (Å²) in [5, 5.41) is 2.94. The second kappa shape index (κ2) is 6.38. The number of sulfone groups is 1. The second-order valence-electron chi connectivity index (χ2n) is 3.79. The summed E-state index contributed by atoms with van der Waals surface area (Å²) in [4.78, 5) is 0. The fourth-order valence-electron chi connectivity index (χ4n) is 0.986.